The number of aryl methyl sites for hydroxylation is 1. The second-order valence-electron chi connectivity index (χ2n) is 4.40. The third kappa shape index (κ3) is 4.61. The van der Waals surface area contributed by atoms with Crippen LogP contribution >= 0.6 is 0 Å². The van der Waals surface area contributed by atoms with Gasteiger partial charge in [-0.1, -0.05) is 6.92 Å². The highest BCUT2D eigenvalue weighted by molar-refractivity contribution is 5.76. The molecule has 0 aromatic carbocycles. The van der Waals surface area contributed by atoms with Gasteiger partial charge >= 0.3 is 0 Å². The Kier molecular flexibility index (Phi) is 5.22. The first kappa shape index (κ1) is 13.8. The van der Waals surface area contributed by atoms with Crippen molar-refractivity contribution in [3.63, 3.8) is 0 Å². The highest BCUT2D eigenvalue weighted by atomic mass is 16.3. The Balaban J connectivity index is 2.40. The lowest BCUT2D eigenvalue weighted by Crippen LogP contribution is -2.34. The molecular weight excluding hydrogens is 216 g/mol. The van der Waals surface area contributed by atoms with Crippen LogP contribution < -0.4 is 10.6 Å². The summed E-state index contributed by atoms with van der Waals surface area (Å²) in [6, 6.07) is 3.92. The Morgan fingerprint density at radius 2 is 2.12 bits per heavy atom. The predicted octanol–water partition coefficient (Wildman–Crippen LogP) is 2.15. The molecule has 0 aliphatic carbocycles. The molecular formula is C13H22N2O2. The molecule has 0 aliphatic rings. The van der Waals surface area contributed by atoms with Crippen LogP contribution in [0.15, 0.2) is 16.5 Å². The number of carbonyl (C=O) groups excluding carboxylic acids is 1. The SMILES string of the molecule is CCNC(C)CC(=O)NC(C)c1ccc(C)o1. The highest BCUT2D eigenvalue weighted by Crippen LogP contribution is 2.15. The molecule has 0 saturated carbocycles. The van der Waals surface area contributed by atoms with E-state index >= 15 is 0 Å². The molecule has 0 spiro atoms. The normalized spacial score (nSPS) is 14.4. The lowest BCUT2D eigenvalue weighted by atomic mass is 10.2. The first-order valence-corrected chi connectivity index (χ1v) is 6.12. The van der Waals surface area contributed by atoms with Crippen LogP contribution in [0.25, 0.3) is 0 Å². The number of furan rings is 1. The van der Waals surface area contributed by atoms with Crippen molar-refractivity contribution in [1.29, 1.82) is 0 Å². The van der Waals surface area contributed by atoms with Gasteiger partial charge in [-0.2, -0.15) is 0 Å². The molecule has 1 amide bonds. The van der Waals surface area contributed by atoms with Crippen molar-refractivity contribution in [2.45, 2.75) is 46.2 Å². The molecule has 0 radical (unpaired) electrons. The maximum absolute atomic E-state index is 11.7. The minimum absolute atomic E-state index is 0.0417. The van der Waals surface area contributed by atoms with E-state index in [2.05, 4.69) is 10.6 Å². The molecule has 4 heteroatoms. The van der Waals surface area contributed by atoms with E-state index in [4.69, 9.17) is 4.42 Å². The number of hydrogen-bond donors (Lipinski definition) is 2. The van der Waals surface area contributed by atoms with E-state index in [1.54, 1.807) is 0 Å². The molecule has 0 bridgehead atoms. The monoisotopic (exact) mass is 238 g/mol. The fraction of sp³-hybridized carbons (Fsp3) is 0.615. The van der Waals surface area contributed by atoms with Crippen LogP contribution in [-0.2, 0) is 4.79 Å². The largest absolute Gasteiger partial charge is 0.464 e. The van der Waals surface area contributed by atoms with Crippen molar-refractivity contribution in [2.24, 2.45) is 0 Å². The van der Waals surface area contributed by atoms with E-state index in [9.17, 15) is 4.79 Å². The van der Waals surface area contributed by atoms with Gasteiger partial charge in [0.2, 0.25) is 5.91 Å². The zero-order valence-electron chi connectivity index (χ0n) is 11.0. The van der Waals surface area contributed by atoms with Crippen molar-refractivity contribution in [3.05, 3.63) is 23.7 Å². The molecule has 17 heavy (non-hydrogen) atoms. The summed E-state index contributed by atoms with van der Waals surface area (Å²) in [5, 5.41) is 6.14. The first-order valence-electron chi connectivity index (χ1n) is 6.12. The van der Waals surface area contributed by atoms with Gasteiger partial charge < -0.3 is 15.1 Å². The van der Waals surface area contributed by atoms with Crippen LogP contribution in [0.2, 0.25) is 0 Å². The van der Waals surface area contributed by atoms with Gasteiger partial charge in [0.15, 0.2) is 0 Å². The third-order valence-corrected chi connectivity index (χ3v) is 2.61. The van der Waals surface area contributed by atoms with Crippen molar-refractivity contribution >= 4 is 5.91 Å². The topological polar surface area (TPSA) is 54.3 Å². The van der Waals surface area contributed by atoms with Crippen LogP contribution in [0.1, 0.15) is 44.8 Å². The van der Waals surface area contributed by atoms with Crippen molar-refractivity contribution < 1.29 is 9.21 Å². The molecule has 1 rings (SSSR count). The Hall–Kier alpha value is -1.29. The van der Waals surface area contributed by atoms with Gasteiger partial charge in [-0.3, -0.25) is 4.79 Å². The van der Waals surface area contributed by atoms with Gasteiger partial charge in [-0.25, -0.2) is 0 Å². The number of amides is 1. The fourth-order valence-electron chi connectivity index (χ4n) is 1.76. The molecule has 2 atom stereocenters. The van der Waals surface area contributed by atoms with Gasteiger partial charge in [0, 0.05) is 12.5 Å². The van der Waals surface area contributed by atoms with Gasteiger partial charge in [0.05, 0.1) is 6.04 Å². The second-order valence-corrected chi connectivity index (χ2v) is 4.40. The number of nitrogens with one attached hydrogen (secondary N) is 2. The standard InChI is InChI=1S/C13H22N2O2/c1-5-14-9(2)8-13(16)15-11(4)12-7-6-10(3)17-12/h6-7,9,11,14H,5,8H2,1-4H3,(H,15,16). The zero-order chi connectivity index (χ0) is 12.8. The molecule has 4 nitrogen and oxygen atoms in total. The van der Waals surface area contributed by atoms with Gasteiger partial charge in [0.25, 0.3) is 0 Å². The molecule has 1 aromatic heterocycles. The third-order valence-electron chi connectivity index (χ3n) is 2.61. The van der Waals surface area contributed by atoms with Crippen LogP contribution in [0.5, 0.6) is 0 Å². The summed E-state index contributed by atoms with van der Waals surface area (Å²) in [7, 11) is 0. The molecule has 1 heterocycles. The molecule has 96 valence electrons. The number of carbonyl (C=O) groups is 1. The summed E-state index contributed by atoms with van der Waals surface area (Å²) >= 11 is 0. The van der Waals surface area contributed by atoms with Gasteiger partial charge in [-0.05, 0) is 39.4 Å². The maximum Gasteiger partial charge on any atom is 0.222 e. The first-order chi connectivity index (χ1) is 8.02. The fourth-order valence-corrected chi connectivity index (χ4v) is 1.76. The van der Waals surface area contributed by atoms with Crippen LogP contribution in [-0.4, -0.2) is 18.5 Å². The molecule has 0 saturated heterocycles. The molecule has 1 aromatic rings. The highest BCUT2D eigenvalue weighted by Gasteiger charge is 2.14. The van der Waals surface area contributed by atoms with Crippen molar-refractivity contribution in [2.75, 3.05) is 6.54 Å². The number of rotatable bonds is 6. The van der Waals surface area contributed by atoms with Gasteiger partial charge in [-0.15, -0.1) is 0 Å². The summed E-state index contributed by atoms with van der Waals surface area (Å²) in [6.07, 6.45) is 0.484. The zero-order valence-corrected chi connectivity index (χ0v) is 11.0. The van der Waals surface area contributed by atoms with Crippen LogP contribution in [0, 0.1) is 6.92 Å². The number of hydrogen-bond acceptors (Lipinski definition) is 3. The summed E-state index contributed by atoms with van der Waals surface area (Å²) < 4.78 is 5.47. The maximum atomic E-state index is 11.7. The lowest BCUT2D eigenvalue weighted by molar-refractivity contribution is -0.122. The minimum atomic E-state index is -0.0787. The van der Waals surface area contributed by atoms with E-state index in [1.807, 2.05) is 39.8 Å². The minimum Gasteiger partial charge on any atom is -0.464 e. The van der Waals surface area contributed by atoms with Crippen molar-refractivity contribution in [1.82, 2.24) is 10.6 Å². The molecule has 0 aliphatic heterocycles. The smallest absolute Gasteiger partial charge is 0.222 e. The summed E-state index contributed by atoms with van der Waals surface area (Å²) in [6.45, 7) is 8.73. The van der Waals surface area contributed by atoms with E-state index < -0.39 is 0 Å². The Morgan fingerprint density at radius 1 is 1.41 bits per heavy atom. The molecule has 2 unspecified atom stereocenters. The Morgan fingerprint density at radius 3 is 2.65 bits per heavy atom. The Labute approximate surface area is 103 Å². The van der Waals surface area contributed by atoms with E-state index in [0.717, 1.165) is 18.1 Å². The quantitative estimate of drug-likeness (QED) is 0.798. The molecule has 2 N–H and O–H groups in total. The van der Waals surface area contributed by atoms with Crippen LogP contribution in [0.4, 0.5) is 0 Å². The Bertz CT molecular complexity index is 360. The summed E-state index contributed by atoms with van der Waals surface area (Å²) in [5.74, 6) is 1.70. The second kappa shape index (κ2) is 6.45. The predicted molar refractivity (Wildman–Crippen MR) is 67.8 cm³/mol. The van der Waals surface area contributed by atoms with Gasteiger partial charge in [0.1, 0.15) is 11.5 Å². The van der Waals surface area contributed by atoms with E-state index in [-0.39, 0.29) is 18.0 Å². The summed E-state index contributed by atoms with van der Waals surface area (Å²) in [4.78, 5) is 11.7. The van der Waals surface area contributed by atoms with E-state index in [1.165, 1.54) is 0 Å². The van der Waals surface area contributed by atoms with Crippen molar-refractivity contribution in [3.8, 4) is 0 Å². The van der Waals surface area contributed by atoms with E-state index in [0.29, 0.717) is 6.42 Å². The lowest BCUT2D eigenvalue weighted by Gasteiger charge is -2.15. The molecule has 0 fully saturated rings. The average Bonchev–Trinajstić information content (AvgIpc) is 2.64. The summed E-state index contributed by atoms with van der Waals surface area (Å²) in [5.41, 5.74) is 0. The average molecular weight is 238 g/mol. The van der Waals surface area contributed by atoms with Crippen LogP contribution in [0.3, 0.4) is 0 Å².